The largest absolute Gasteiger partial charge is 0.497 e. The summed E-state index contributed by atoms with van der Waals surface area (Å²) in [6.07, 6.45) is 0.702. The molecular formula is C26H32N6O2. The van der Waals surface area contributed by atoms with E-state index in [1.54, 1.807) is 7.11 Å². The molecule has 2 aromatic heterocycles. The van der Waals surface area contributed by atoms with E-state index in [1.807, 2.05) is 80.1 Å². The second-order valence-corrected chi connectivity index (χ2v) is 8.50. The molecule has 0 aliphatic rings. The van der Waals surface area contributed by atoms with Crippen LogP contribution in [0.2, 0.25) is 0 Å². The summed E-state index contributed by atoms with van der Waals surface area (Å²) in [6.45, 7) is 4.86. The van der Waals surface area contributed by atoms with Gasteiger partial charge in [-0.25, -0.2) is 4.68 Å². The number of hydrogen-bond donors (Lipinski definition) is 1. The first-order chi connectivity index (χ1) is 16.4. The second-order valence-electron chi connectivity index (χ2n) is 8.50. The van der Waals surface area contributed by atoms with Gasteiger partial charge in [0, 0.05) is 26.6 Å². The maximum absolute atomic E-state index is 6.49. The molecule has 4 rings (SSSR count). The van der Waals surface area contributed by atoms with Crippen molar-refractivity contribution in [2.45, 2.75) is 26.4 Å². The van der Waals surface area contributed by atoms with E-state index in [0.29, 0.717) is 0 Å². The number of nitrogens with one attached hydrogen (secondary N) is 1. The second kappa shape index (κ2) is 10.1. The molecule has 2 aromatic carbocycles. The molecule has 178 valence electrons. The number of fused-ring (bicyclic) bond motifs is 1. The van der Waals surface area contributed by atoms with Crippen molar-refractivity contribution in [1.29, 1.82) is 0 Å². The van der Waals surface area contributed by atoms with Crippen LogP contribution in [0.25, 0.3) is 16.6 Å². The van der Waals surface area contributed by atoms with E-state index >= 15 is 0 Å². The Hall–Kier alpha value is -3.65. The van der Waals surface area contributed by atoms with Gasteiger partial charge < -0.3 is 19.7 Å². The van der Waals surface area contributed by atoms with Gasteiger partial charge in [0.2, 0.25) is 0 Å². The third-order valence-corrected chi connectivity index (χ3v) is 5.87. The topological polar surface area (TPSA) is 77.3 Å². The monoisotopic (exact) mass is 460 g/mol. The predicted molar refractivity (Wildman–Crippen MR) is 135 cm³/mol. The van der Waals surface area contributed by atoms with Gasteiger partial charge in [0.15, 0.2) is 5.82 Å². The third kappa shape index (κ3) is 4.68. The van der Waals surface area contributed by atoms with Crippen LogP contribution >= 0.6 is 0 Å². The molecule has 0 amide bonds. The van der Waals surface area contributed by atoms with Gasteiger partial charge in [0.25, 0.3) is 0 Å². The fourth-order valence-electron chi connectivity index (χ4n) is 4.13. The van der Waals surface area contributed by atoms with Crippen LogP contribution in [0.3, 0.4) is 0 Å². The molecular weight excluding hydrogens is 428 g/mol. The third-order valence-electron chi connectivity index (χ3n) is 5.87. The number of aromatic nitrogens is 4. The highest BCUT2D eigenvalue weighted by Crippen LogP contribution is 2.31. The Morgan fingerprint density at radius 3 is 2.53 bits per heavy atom. The van der Waals surface area contributed by atoms with E-state index < -0.39 is 0 Å². The first-order valence-corrected chi connectivity index (χ1v) is 11.4. The molecule has 4 aromatic rings. The maximum atomic E-state index is 6.49. The van der Waals surface area contributed by atoms with Gasteiger partial charge in [-0.15, -0.1) is 5.10 Å². The lowest BCUT2D eigenvalue weighted by atomic mass is 10.1. The van der Waals surface area contributed by atoms with Crippen LogP contribution in [0.1, 0.15) is 29.5 Å². The molecule has 0 saturated carbocycles. The average Bonchev–Trinajstić information content (AvgIpc) is 3.19. The standard InChI is InChI=1S/C26H32N6O2/c1-17-24-18(2)32(30-25(24)26(29-28-17)31(4)5)20-10-8-12-22(16-20)34-23(13-14-27-3)19-9-7-11-21(15-19)33-6/h7-12,15-16,23,27H,13-14H2,1-6H3. The zero-order valence-corrected chi connectivity index (χ0v) is 20.7. The van der Waals surface area contributed by atoms with Crippen molar-refractivity contribution in [2.24, 2.45) is 0 Å². The smallest absolute Gasteiger partial charge is 0.179 e. The molecule has 0 fully saturated rings. The van der Waals surface area contributed by atoms with Gasteiger partial charge in [-0.1, -0.05) is 18.2 Å². The van der Waals surface area contributed by atoms with Crippen LogP contribution < -0.4 is 19.7 Å². The van der Waals surface area contributed by atoms with E-state index in [0.717, 1.165) is 63.8 Å². The van der Waals surface area contributed by atoms with Gasteiger partial charge in [0.1, 0.15) is 23.1 Å². The van der Waals surface area contributed by atoms with Crippen molar-refractivity contribution in [3.63, 3.8) is 0 Å². The predicted octanol–water partition coefficient (Wildman–Crippen LogP) is 4.24. The summed E-state index contributed by atoms with van der Waals surface area (Å²) in [5, 5.41) is 17.8. The lowest BCUT2D eigenvalue weighted by Crippen LogP contribution is -2.16. The molecule has 8 nitrogen and oxygen atoms in total. The summed E-state index contributed by atoms with van der Waals surface area (Å²) in [5.74, 6) is 2.35. The minimum atomic E-state index is -0.119. The zero-order chi connectivity index (χ0) is 24.2. The first-order valence-electron chi connectivity index (χ1n) is 11.4. The van der Waals surface area contributed by atoms with Crippen LogP contribution in [-0.4, -0.2) is 54.8 Å². The highest BCUT2D eigenvalue weighted by Gasteiger charge is 2.19. The highest BCUT2D eigenvalue weighted by molar-refractivity contribution is 5.92. The summed E-state index contributed by atoms with van der Waals surface area (Å²) >= 11 is 0. The Kier molecular flexibility index (Phi) is 6.98. The molecule has 0 aliphatic heterocycles. The lowest BCUT2D eigenvalue weighted by Gasteiger charge is -2.21. The molecule has 1 atom stereocenters. The molecule has 34 heavy (non-hydrogen) atoms. The Morgan fingerprint density at radius 2 is 1.79 bits per heavy atom. The lowest BCUT2D eigenvalue weighted by molar-refractivity contribution is 0.194. The number of nitrogens with zero attached hydrogens (tertiary/aromatic N) is 5. The van der Waals surface area contributed by atoms with Crippen LogP contribution in [-0.2, 0) is 0 Å². The van der Waals surface area contributed by atoms with Crippen molar-refractivity contribution in [3.05, 3.63) is 65.5 Å². The minimum absolute atomic E-state index is 0.119. The van der Waals surface area contributed by atoms with Crippen LogP contribution in [0.4, 0.5) is 5.82 Å². The van der Waals surface area contributed by atoms with Crippen molar-refractivity contribution >= 4 is 16.7 Å². The van der Waals surface area contributed by atoms with Crippen LogP contribution in [0, 0.1) is 13.8 Å². The van der Waals surface area contributed by atoms with E-state index in [4.69, 9.17) is 14.6 Å². The van der Waals surface area contributed by atoms with E-state index in [9.17, 15) is 0 Å². The molecule has 0 radical (unpaired) electrons. The summed E-state index contributed by atoms with van der Waals surface area (Å²) in [4.78, 5) is 1.94. The molecule has 0 aliphatic carbocycles. The van der Waals surface area contributed by atoms with Crippen molar-refractivity contribution in [3.8, 4) is 17.2 Å². The number of benzene rings is 2. The van der Waals surface area contributed by atoms with E-state index in [1.165, 1.54) is 0 Å². The Balaban J connectivity index is 1.71. The Bertz CT molecular complexity index is 1280. The SMILES string of the molecule is CNCCC(Oc1cccc(-n2nc3c(N(C)C)nnc(C)c3c2C)c1)c1cccc(OC)c1. The first kappa shape index (κ1) is 23.5. The fraction of sp³-hybridized carbons (Fsp3) is 0.346. The summed E-state index contributed by atoms with van der Waals surface area (Å²) < 4.78 is 13.9. The number of methoxy groups -OCH3 is 1. The van der Waals surface area contributed by atoms with Crippen LogP contribution in [0.15, 0.2) is 48.5 Å². The molecule has 0 bridgehead atoms. The van der Waals surface area contributed by atoms with Crippen molar-refractivity contribution in [2.75, 3.05) is 39.7 Å². The van der Waals surface area contributed by atoms with Crippen LogP contribution in [0.5, 0.6) is 11.5 Å². The highest BCUT2D eigenvalue weighted by atomic mass is 16.5. The average molecular weight is 461 g/mol. The number of hydrogen-bond acceptors (Lipinski definition) is 7. The minimum Gasteiger partial charge on any atom is -0.497 e. The number of aryl methyl sites for hydroxylation is 2. The van der Waals surface area contributed by atoms with Gasteiger partial charge in [-0.2, -0.15) is 10.2 Å². The molecule has 8 heteroatoms. The number of rotatable bonds is 9. The van der Waals surface area contributed by atoms with Gasteiger partial charge in [-0.05, 0) is 57.3 Å². The summed E-state index contributed by atoms with van der Waals surface area (Å²) in [7, 11) is 7.52. The van der Waals surface area contributed by atoms with E-state index in [2.05, 4.69) is 28.5 Å². The van der Waals surface area contributed by atoms with Gasteiger partial charge in [0.05, 0.1) is 29.6 Å². The number of ether oxygens (including phenoxy) is 2. The van der Waals surface area contributed by atoms with Gasteiger partial charge in [-0.3, -0.25) is 0 Å². The molecule has 1 unspecified atom stereocenters. The maximum Gasteiger partial charge on any atom is 0.179 e. The van der Waals surface area contributed by atoms with Gasteiger partial charge >= 0.3 is 0 Å². The summed E-state index contributed by atoms with van der Waals surface area (Å²) in [6, 6.07) is 16.1. The van der Waals surface area contributed by atoms with E-state index in [-0.39, 0.29) is 6.10 Å². The fourth-order valence-corrected chi connectivity index (χ4v) is 4.13. The quantitative estimate of drug-likeness (QED) is 0.400. The normalized spacial score (nSPS) is 12.1. The molecule has 1 N–H and O–H groups in total. The molecule has 0 spiro atoms. The Morgan fingerprint density at radius 1 is 1.03 bits per heavy atom. The molecule has 0 saturated heterocycles. The number of anilines is 1. The molecule has 2 heterocycles. The Labute approximate surface area is 200 Å². The van der Waals surface area contributed by atoms with Crippen molar-refractivity contribution < 1.29 is 9.47 Å². The summed E-state index contributed by atoms with van der Waals surface area (Å²) in [5.41, 5.74) is 4.71. The zero-order valence-electron chi connectivity index (χ0n) is 20.7. The van der Waals surface area contributed by atoms with Crippen molar-refractivity contribution in [1.82, 2.24) is 25.3 Å².